The van der Waals surface area contributed by atoms with E-state index in [1.54, 1.807) is 6.07 Å². The summed E-state index contributed by atoms with van der Waals surface area (Å²) in [5.41, 5.74) is 7.93. The fraction of sp³-hybridized carbons (Fsp3) is 0.154. The Hall–Kier alpha value is -3.18. The van der Waals surface area contributed by atoms with Crippen molar-refractivity contribution in [1.29, 1.82) is 0 Å². The number of benzene rings is 3. The molecule has 0 bridgehead atoms. The molecule has 0 aliphatic rings. The Morgan fingerprint density at radius 1 is 0.935 bits per heavy atom. The van der Waals surface area contributed by atoms with Crippen molar-refractivity contribution in [3.63, 3.8) is 0 Å². The van der Waals surface area contributed by atoms with Crippen molar-refractivity contribution >= 4 is 21.9 Å². The summed E-state index contributed by atoms with van der Waals surface area (Å²) in [4.78, 5) is 12.0. The fourth-order valence-corrected chi connectivity index (χ4v) is 4.27. The molecule has 0 N–H and O–H groups in total. The van der Waals surface area contributed by atoms with Crippen molar-refractivity contribution in [3.8, 4) is 22.5 Å². The van der Waals surface area contributed by atoms with Crippen LogP contribution in [0.15, 0.2) is 77.3 Å². The summed E-state index contributed by atoms with van der Waals surface area (Å²) < 4.78 is 7.80. The van der Waals surface area contributed by atoms with E-state index in [1.165, 1.54) is 18.2 Å². The molecule has 0 spiro atoms. The average Bonchev–Trinajstić information content (AvgIpc) is 3.10. The fourth-order valence-electron chi connectivity index (χ4n) is 3.52. The maximum atomic E-state index is 12.0. The van der Waals surface area contributed by atoms with E-state index in [2.05, 4.69) is 78.3 Å². The number of aromatic nitrogens is 2. The van der Waals surface area contributed by atoms with Crippen molar-refractivity contribution in [2.75, 3.05) is 7.11 Å². The summed E-state index contributed by atoms with van der Waals surface area (Å²) >= 11 is 3.82. The molecule has 0 fully saturated rings. The molecular formula is C26H23BrN2O2. The van der Waals surface area contributed by atoms with Crippen molar-refractivity contribution in [3.05, 3.63) is 99.5 Å². The van der Waals surface area contributed by atoms with E-state index in [9.17, 15) is 4.79 Å². The standard InChI is InChI=1S/C26H23BrN2O2/c1-17-7-11-20(12-8-17)24-23(27)25(21-13-9-18(2)10-14-21)29(28-24)16-19-5-4-6-22(15-19)26(30)31-3/h4-15H,16H2,1-3H3. The lowest BCUT2D eigenvalue weighted by molar-refractivity contribution is 0.0600. The molecule has 3 aromatic carbocycles. The zero-order valence-corrected chi connectivity index (χ0v) is 19.3. The third-order valence-electron chi connectivity index (χ3n) is 5.23. The first-order valence-electron chi connectivity index (χ1n) is 10.0. The van der Waals surface area contributed by atoms with Crippen LogP contribution in [0.25, 0.3) is 22.5 Å². The van der Waals surface area contributed by atoms with Gasteiger partial charge in [0.15, 0.2) is 0 Å². The van der Waals surface area contributed by atoms with Crippen molar-refractivity contribution in [2.45, 2.75) is 20.4 Å². The van der Waals surface area contributed by atoms with Gasteiger partial charge in [0.1, 0.15) is 5.69 Å². The first kappa shape index (κ1) is 21.1. The van der Waals surface area contributed by atoms with Crippen LogP contribution in [-0.4, -0.2) is 22.9 Å². The van der Waals surface area contributed by atoms with Gasteiger partial charge in [0, 0.05) is 11.1 Å². The molecule has 0 atom stereocenters. The third kappa shape index (κ3) is 4.47. The number of carbonyl (C=O) groups is 1. The molecule has 5 heteroatoms. The highest BCUT2D eigenvalue weighted by atomic mass is 79.9. The summed E-state index contributed by atoms with van der Waals surface area (Å²) in [5, 5.41) is 4.95. The van der Waals surface area contributed by atoms with Gasteiger partial charge in [0.05, 0.1) is 29.4 Å². The number of halogens is 1. The van der Waals surface area contributed by atoms with Crippen LogP contribution < -0.4 is 0 Å². The maximum absolute atomic E-state index is 12.0. The number of rotatable bonds is 5. The Balaban J connectivity index is 1.82. The minimum absolute atomic E-state index is 0.345. The molecule has 0 radical (unpaired) electrons. The number of methoxy groups -OCH3 is 1. The molecule has 1 heterocycles. The Morgan fingerprint density at radius 2 is 1.55 bits per heavy atom. The van der Waals surface area contributed by atoms with Crippen LogP contribution in [0.5, 0.6) is 0 Å². The lowest BCUT2D eigenvalue weighted by atomic mass is 10.1. The van der Waals surface area contributed by atoms with Crippen LogP contribution in [0.1, 0.15) is 27.0 Å². The van der Waals surface area contributed by atoms with Gasteiger partial charge in [-0.2, -0.15) is 5.10 Å². The van der Waals surface area contributed by atoms with Crippen LogP contribution in [0.4, 0.5) is 0 Å². The number of carbonyl (C=O) groups excluding carboxylic acids is 1. The topological polar surface area (TPSA) is 44.1 Å². The van der Waals surface area contributed by atoms with Gasteiger partial charge in [-0.15, -0.1) is 0 Å². The lowest BCUT2D eigenvalue weighted by Crippen LogP contribution is -2.06. The molecule has 0 aliphatic heterocycles. The first-order chi connectivity index (χ1) is 15.0. The van der Waals surface area contributed by atoms with Crippen LogP contribution in [0.2, 0.25) is 0 Å². The van der Waals surface area contributed by atoms with E-state index in [-0.39, 0.29) is 5.97 Å². The zero-order chi connectivity index (χ0) is 22.0. The molecule has 0 saturated carbocycles. The number of aryl methyl sites for hydroxylation is 2. The van der Waals surface area contributed by atoms with E-state index >= 15 is 0 Å². The van der Waals surface area contributed by atoms with E-state index in [0.29, 0.717) is 12.1 Å². The van der Waals surface area contributed by atoms with Gasteiger partial charge >= 0.3 is 5.97 Å². The van der Waals surface area contributed by atoms with Gasteiger partial charge in [0.25, 0.3) is 0 Å². The highest BCUT2D eigenvalue weighted by Crippen LogP contribution is 2.37. The molecule has 0 aliphatic carbocycles. The van der Waals surface area contributed by atoms with E-state index < -0.39 is 0 Å². The third-order valence-corrected chi connectivity index (χ3v) is 5.98. The van der Waals surface area contributed by atoms with Crippen molar-refractivity contribution in [1.82, 2.24) is 9.78 Å². The second-order valence-electron chi connectivity index (χ2n) is 7.59. The van der Waals surface area contributed by atoms with E-state index in [1.807, 2.05) is 22.9 Å². The van der Waals surface area contributed by atoms with E-state index in [0.717, 1.165) is 32.6 Å². The number of ether oxygens (including phenoxy) is 1. The first-order valence-corrected chi connectivity index (χ1v) is 10.8. The average molecular weight is 475 g/mol. The molecule has 0 unspecified atom stereocenters. The molecular weight excluding hydrogens is 452 g/mol. The van der Waals surface area contributed by atoms with Gasteiger partial charge in [-0.3, -0.25) is 4.68 Å². The van der Waals surface area contributed by atoms with Crippen molar-refractivity contribution < 1.29 is 9.53 Å². The summed E-state index contributed by atoms with van der Waals surface area (Å²) in [6.45, 7) is 4.67. The predicted molar refractivity (Wildman–Crippen MR) is 127 cm³/mol. The Bertz CT molecular complexity index is 1230. The Morgan fingerprint density at radius 3 is 2.16 bits per heavy atom. The quantitative estimate of drug-likeness (QED) is 0.313. The molecule has 4 nitrogen and oxygen atoms in total. The minimum Gasteiger partial charge on any atom is -0.465 e. The number of nitrogens with zero attached hydrogens (tertiary/aromatic N) is 2. The SMILES string of the molecule is COC(=O)c1cccc(Cn2nc(-c3ccc(C)cc3)c(Br)c2-c2ccc(C)cc2)c1. The highest BCUT2D eigenvalue weighted by molar-refractivity contribution is 9.10. The van der Waals surface area contributed by atoms with Crippen LogP contribution >= 0.6 is 15.9 Å². The van der Waals surface area contributed by atoms with E-state index in [4.69, 9.17) is 9.84 Å². The minimum atomic E-state index is -0.345. The number of hydrogen-bond donors (Lipinski definition) is 0. The maximum Gasteiger partial charge on any atom is 0.337 e. The summed E-state index contributed by atoms with van der Waals surface area (Å²) in [6, 6.07) is 24.2. The second kappa shape index (κ2) is 8.90. The van der Waals surface area contributed by atoms with Gasteiger partial charge in [-0.25, -0.2) is 4.79 Å². The second-order valence-corrected chi connectivity index (χ2v) is 8.39. The molecule has 31 heavy (non-hydrogen) atoms. The van der Waals surface area contributed by atoms with Gasteiger partial charge in [-0.05, 0) is 47.5 Å². The van der Waals surface area contributed by atoms with Gasteiger partial charge in [-0.1, -0.05) is 71.8 Å². The predicted octanol–water partition coefficient (Wildman–Crippen LogP) is 6.43. The summed E-state index contributed by atoms with van der Waals surface area (Å²) in [7, 11) is 1.39. The smallest absolute Gasteiger partial charge is 0.337 e. The molecule has 156 valence electrons. The monoisotopic (exact) mass is 474 g/mol. The number of hydrogen-bond acceptors (Lipinski definition) is 3. The normalized spacial score (nSPS) is 10.8. The van der Waals surface area contributed by atoms with Crippen LogP contribution in [0.3, 0.4) is 0 Å². The molecule has 4 rings (SSSR count). The van der Waals surface area contributed by atoms with Crippen LogP contribution in [0, 0.1) is 13.8 Å². The molecule has 4 aromatic rings. The zero-order valence-electron chi connectivity index (χ0n) is 17.7. The molecule has 0 amide bonds. The molecule has 0 saturated heterocycles. The Labute approximate surface area is 190 Å². The number of esters is 1. The van der Waals surface area contributed by atoms with Crippen LogP contribution in [-0.2, 0) is 11.3 Å². The van der Waals surface area contributed by atoms with Crippen molar-refractivity contribution in [2.24, 2.45) is 0 Å². The van der Waals surface area contributed by atoms with Gasteiger partial charge < -0.3 is 4.74 Å². The van der Waals surface area contributed by atoms with Gasteiger partial charge in [0.2, 0.25) is 0 Å². The highest BCUT2D eigenvalue weighted by Gasteiger charge is 2.19. The largest absolute Gasteiger partial charge is 0.465 e. The lowest BCUT2D eigenvalue weighted by Gasteiger charge is -2.10. The summed E-state index contributed by atoms with van der Waals surface area (Å²) in [6.07, 6.45) is 0. The summed E-state index contributed by atoms with van der Waals surface area (Å²) in [5.74, 6) is -0.345. The molecule has 1 aromatic heterocycles. The Kier molecular flexibility index (Phi) is 6.05.